The van der Waals surface area contributed by atoms with Crippen molar-refractivity contribution in [2.75, 3.05) is 5.75 Å². The van der Waals surface area contributed by atoms with Crippen LogP contribution in [0.1, 0.15) is 11.5 Å². The molecule has 21 heavy (non-hydrogen) atoms. The van der Waals surface area contributed by atoms with Crippen molar-refractivity contribution in [1.29, 1.82) is 0 Å². The van der Waals surface area contributed by atoms with Gasteiger partial charge in [-0.1, -0.05) is 48.5 Å². The van der Waals surface area contributed by atoms with Gasteiger partial charge in [0, 0.05) is 24.0 Å². The lowest BCUT2D eigenvalue weighted by Crippen LogP contribution is -2.23. The van der Waals surface area contributed by atoms with E-state index < -0.39 is 0 Å². The van der Waals surface area contributed by atoms with E-state index in [4.69, 9.17) is 0 Å². The number of rotatable bonds is 4. The van der Waals surface area contributed by atoms with Crippen LogP contribution in [0.2, 0.25) is 0 Å². The lowest BCUT2D eigenvalue weighted by atomic mass is 10.0. The van der Waals surface area contributed by atoms with E-state index in [0.29, 0.717) is 12.3 Å². The van der Waals surface area contributed by atoms with Crippen LogP contribution in [0.4, 0.5) is 0 Å². The Labute approximate surface area is 129 Å². The molecule has 1 aromatic heterocycles. The first-order chi connectivity index (χ1) is 10.3. The van der Waals surface area contributed by atoms with Crippen molar-refractivity contribution in [3.63, 3.8) is 0 Å². The number of fused-ring (bicyclic) bond motifs is 1. The molecule has 0 fully saturated rings. The average Bonchev–Trinajstić information content (AvgIpc) is 2.55. The summed E-state index contributed by atoms with van der Waals surface area (Å²) in [5.41, 5.74) is 1.28. The van der Waals surface area contributed by atoms with Crippen LogP contribution in [0.3, 0.4) is 0 Å². The van der Waals surface area contributed by atoms with Crippen molar-refractivity contribution >= 4 is 23.4 Å². The molecule has 0 spiro atoms. The zero-order valence-electron chi connectivity index (χ0n) is 11.6. The maximum absolute atomic E-state index is 12.5. The Hall–Kier alpha value is -2.00. The van der Waals surface area contributed by atoms with E-state index in [0.717, 1.165) is 10.8 Å². The summed E-state index contributed by atoms with van der Waals surface area (Å²) in [5, 5.41) is 1.76. The lowest BCUT2D eigenvalue weighted by molar-refractivity contribution is 0.591. The van der Waals surface area contributed by atoms with Gasteiger partial charge in [0.05, 0.1) is 0 Å². The fourth-order valence-electron chi connectivity index (χ4n) is 2.60. The fraction of sp³-hybridized carbons (Fsp3) is 0.167. The second-order valence-electron chi connectivity index (χ2n) is 5.15. The number of hydrogen-bond donors (Lipinski definition) is 1. The largest absolute Gasteiger partial charge is 0.314 e. The van der Waals surface area contributed by atoms with E-state index in [1.807, 2.05) is 54.7 Å². The summed E-state index contributed by atoms with van der Waals surface area (Å²) in [5.74, 6) is 0.942. The highest BCUT2D eigenvalue weighted by molar-refractivity contribution is 7.80. The minimum absolute atomic E-state index is 0.0656. The number of thiol groups is 1. The van der Waals surface area contributed by atoms with Gasteiger partial charge in [0.15, 0.2) is 0 Å². The summed E-state index contributed by atoms with van der Waals surface area (Å²) in [4.78, 5) is 12.5. The molecule has 0 amide bonds. The topological polar surface area (TPSA) is 22.0 Å². The molecule has 1 unspecified atom stereocenters. The smallest absolute Gasteiger partial charge is 0.258 e. The SMILES string of the molecule is O=c1c2ccccc2ccn1CC(CS)c1ccccc1. The minimum atomic E-state index is 0.0656. The summed E-state index contributed by atoms with van der Waals surface area (Å²) in [6.07, 6.45) is 1.88. The molecule has 1 atom stereocenters. The average molecular weight is 295 g/mol. The fourth-order valence-corrected chi connectivity index (χ4v) is 2.93. The molecule has 3 rings (SSSR count). The number of hydrogen-bond acceptors (Lipinski definition) is 2. The summed E-state index contributed by atoms with van der Waals surface area (Å²) in [6.45, 7) is 0.650. The van der Waals surface area contributed by atoms with Gasteiger partial charge in [-0.05, 0) is 28.8 Å². The van der Waals surface area contributed by atoms with Crippen LogP contribution in [0, 0.1) is 0 Å². The Morgan fingerprint density at radius 3 is 2.43 bits per heavy atom. The number of nitrogens with zero attached hydrogens (tertiary/aromatic N) is 1. The Kier molecular flexibility index (Phi) is 4.11. The molecule has 0 aliphatic carbocycles. The summed E-state index contributed by atoms with van der Waals surface area (Å²) < 4.78 is 1.79. The molecule has 0 saturated heterocycles. The molecule has 0 aliphatic rings. The highest BCUT2D eigenvalue weighted by Gasteiger charge is 2.12. The van der Waals surface area contributed by atoms with E-state index in [1.165, 1.54) is 5.56 Å². The highest BCUT2D eigenvalue weighted by atomic mass is 32.1. The van der Waals surface area contributed by atoms with Crippen LogP contribution in [0.5, 0.6) is 0 Å². The van der Waals surface area contributed by atoms with E-state index >= 15 is 0 Å². The van der Waals surface area contributed by atoms with E-state index in [9.17, 15) is 4.79 Å². The predicted octanol–water partition coefficient (Wildman–Crippen LogP) is 3.72. The summed E-state index contributed by atoms with van der Waals surface area (Å²) >= 11 is 4.45. The van der Waals surface area contributed by atoms with Gasteiger partial charge in [-0.3, -0.25) is 4.79 Å². The lowest BCUT2D eigenvalue weighted by Gasteiger charge is -2.17. The second-order valence-corrected chi connectivity index (χ2v) is 5.52. The van der Waals surface area contributed by atoms with Crippen LogP contribution in [-0.2, 0) is 6.54 Å². The third kappa shape index (κ3) is 2.88. The third-order valence-electron chi connectivity index (χ3n) is 3.79. The van der Waals surface area contributed by atoms with Crippen molar-refractivity contribution in [2.24, 2.45) is 0 Å². The normalized spacial score (nSPS) is 12.4. The molecule has 2 nitrogen and oxygen atoms in total. The Morgan fingerprint density at radius 1 is 0.952 bits per heavy atom. The van der Waals surface area contributed by atoms with E-state index in [1.54, 1.807) is 4.57 Å². The van der Waals surface area contributed by atoms with Gasteiger partial charge in [-0.2, -0.15) is 12.6 Å². The predicted molar refractivity (Wildman–Crippen MR) is 91.2 cm³/mol. The van der Waals surface area contributed by atoms with Crippen LogP contribution >= 0.6 is 12.6 Å². The molecule has 1 heterocycles. The second kappa shape index (κ2) is 6.19. The van der Waals surface area contributed by atoms with Gasteiger partial charge in [0.1, 0.15) is 0 Å². The van der Waals surface area contributed by atoms with E-state index in [2.05, 4.69) is 24.8 Å². The molecule has 0 bridgehead atoms. The van der Waals surface area contributed by atoms with Gasteiger partial charge >= 0.3 is 0 Å². The summed E-state index contributed by atoms with van der Waals surface area (Å²) in [6, 6.07) is 19.9. The Bertz CT molecular complexity index is 795. The summed E-state index contributed by atoms with van der Waals surface area (Å²) in [7, 11) is 0. The van der Waals surface area contributed by atoms with Crippen molar-refractivity contribution in [2.45, 2.75) is 12.5 Å². The maximum atomic E-state index is 12.5. The van der Waals surface area contributed by atoms with Gasteiger partial charge in [-0.25, -0.2) is 0 Å². The number of benzene rings is 2. The molecule has 0 radical (unpaired) electrons. The molecule has 0 saturated carbocycles. The van der Waals surface area contributed by atoms with Gasteiger partial charge in [0.2, 0.25) is 0 Å². The quantitative estimate of drug-likeness (QED) is 0.728. The van der Waals surface area contributed by atoms with Crippen molar-refractivity contribution < 1.29 is 0 Å². The molecular weight excluding hydrogens is 278 g/mol. The zero-order valence-corrected chi connectivity index (χ0v) is 12.5. The van der Waals surface area contributed by atoms with Gasteiger partial charge < -0.3 is 4.57 Å². The number of aromatic nitrogens is 1. The van der Waals surface area contributed by atoms with E-state index in [-0.39, 0.29) is 11.5 Å². The van der Waals surface area contributed by atoms with Crippen molar-refractivity contribution in [3.8, 4) is 0 Å². The Morgan fingerprint density at radius 2 is 1.67 bits per heavy atom. The zero-order chi connectivity index (χ0) is 14.7. The first kappa shape index (κ1) is 14.0. The molecule has 106 valence electrons. The molecule has 0 N–H and O–H groups in total. The van der Waals surface area contributed by atoms with Gasteiger partial charge in [-0.15, -0.1) is 0 Å². The molecule has 0 aliphatic heterocycles. The first-order valence-electron chi connectivity index (χ1n) is 7.03. The first-order valence-corrected chi connectivity index (χ1v) is 7.67. The van der Waals surface area contributed by atoms with Crippen LogP contribution in [0.15, 0.2) is 71.7 Å². The van der Waals surface area contributed by atoms with Crippen LogP contribution in [-0.4, -0.2) is 10.3 Å². The number of pyridine rings is 1. The molecule has 3 heteroatoms. The van der Waals surface area contributed by atoms with Crippen molar-refractivity contribution in [1.82, 2.24) is 4.57 Å². The van der Waals surface area contributed by atoms with Gasteiger partial charge in [0.25, 0.3) is 5.56 Å². The standard InChI is InChI=1S/C18H17NOS/c20-18-17-9-5-4-8-15(17)10-11-19(18)12-16(13-21)14-6-2-1-3-7-14/h1-11,16,21H,12-13H2. The highest BCUT2D eigenvalue weighted by Crippen LogP contribution is 2.19. The molecular formula is C18H17NOS. The van der Waals surface area contributed by atoms with Crippen LogP contribution in [0.25, 0.3) is 10.8 Å². The van der Waals surface area contributed by atoms with Crippen LogP contribution < -0.4 is 5.56 Å². The minimum Gasteiger partial charge on any atom is -0.314 e. The molecule has 2 aromatic carbocycles. The van der Waals surface area contributed by atoms with Crippen molar-refractivity contribution in [3.05, 3.63) is 82.8 Å². The maximum Gasteiger partial charge on any atom is 0.258 e. The Balaban J connectivity index is 1.97. The third-order valence-corrected chi connectivity index (χ3v) is 4.24. The monoisotopic (exact) mass is 295 g/mol. The molecule has 3 aromatic rings.